The Labute approximate surface area is 132 Å². The second-order valence-electron chi connectivity index (χ2n) is 9.00. The maximum absolute atomic E-state index is 6.35. The van der Waals surface area contributed by atoms with Gasteiger partial charge in [0.1, 0.15) is 0 Å². The van der Waals surface area contributed by atoms with Crippen LogP contribution in [0.15, 0.2) is 0 Å². The van der Waals surface area contributed by atoms with E-state index in [9.17, 15) is 0 Å². The Kier molecular flexibility index (Phi) is 5.41. The largest absolute Gasteiger partial charge is 0.329 e. The summed E-state index contributed by atoms with van der Waals surface area (Å²) in [5, 5.41) is 0. The van der Waals surface area contributed by atoms with E-state index >= 15 is 0 Å². The highest BCUT2D eigenvalue weighted by molar-refractivity contribution is 5.02. The molecule has 0 aromatic rings. The molecule has 0 aromatic heterocycles. The zero-order chi connectivity index (χ0) is 15.7. The van der Waals surface area contributed by atoms with Gasteiger partial charge in [0.25, 0.3) is 0 Å². The van der Waals surface area contributed by atoms with Crippen LogP contribution in [-0.2, 0) is 0 Å². The highest BCUT2D eigenvalue weighted by atomic mass is 15.2. The summed E-state index contributed by atoms with van der Waals surface area (Å²) in [4.78, 5) is 2.80. The molecule has 3 atom stereocenters. The van der Waals surface area contributed by atoms with Crippen molar-refractivity contribution >= 4 is 0 Å². The van der Waals surface area contributed by atoms with E-state index in [0.29, 0.717) is 5.41 Å². The van der Waals surface area contributed by atoms with Crippen molar-refractivity contribution in [2.75, 3.05) is 19.6 Å². The summed E-state index contributed by atoms with van der Waals surface area (Å²) in [6, 6.07) is 0. The summed E-state index contributed by atoms with van der Waals surface area (Å²) in [5.41, 5.74) is 7.14. The molecule has 124 valence electrons. The predicted molar refractivity (Wildman–Crippen MR) is 92.3 cm³/mol. The van der Waals surface area contributed by atoms with Gasteiger partial charge in [0.15, 0.2) is 0 Å². The molecule has 0 bridgehead atoms. The molecular formula is C19H38N2. The van der Waals surface area contributed by atoms with Crippen molar-refractivity contribution in [1.82, 2.24) is 4.90 Å². The Morgan fingerprint density at radius 2 is 1.86 bits per heavy atom. The summed E-state index contributed by atoms with van der Waals surface area (Å²) < 4.78 is 0. The van der Waals surface area contributed by atoms with Gasteiger partial charge >= 0.3 is 0 Å². The maximum Gasteiger partial charge on any atom is 0.0357 e. The second kappa shape index (κ2) is 6.58. The van der Waals surface area contributed by atoms with Gasteiger partial charge in [-0.25, -0.2) is 0 Å². The molecule has 3 unspecified atom stereocenters. The van der Waals surface area contributed by atoms with Crippen LogP contribution in [0.5, 0.6) is 0 Å². The molecule has 1 aliphatic heterocycles. The van der Waals surface area contributed by atoms with Gasteiger partial charge in [0, 0.05) is 12.1 Å². The van der Waals surface area contributed by atoms with Crippen LogP contribution < -0.4 is 5.73 Å². The highest BCUT2D eigenvalue weighted by Gasteiger charge is 2.46. The standard InChI is InChI=1S/C19H38N2/c1-15(2)17-7-6-11-21(12-8-17)19(14-20)10-9-18(4,5)13-16(19)3/h15-17H,6-14,20H2,1-5H3. The van der Waals surface area contributed by atoms with E-state index in [1.54, 1.807) is 0 Å². The molecule has 0 spiro atoms. The predicted octanol–water partition coefficient (Wildman–Crippen LogP) is 4.29. The zero-order valence-electron chi connectivity index (χ0n) is 15.1. The molecule has 1 saturated carbocycles. The molecule has 2 heteroatoms. The number of hydrogen-bond acceptors (Lipinski definition) is 2. The molecule has 2 nitrogen and oxygen atoms in total. The van der Waals surface area contributed by atoms with Gasteiger partial charge in [0.05, 0.1) is 0 Å². The molecule has 21 heavy (non-hydrogen) atoms. The van der Waals surface area contributed by atoms with Crippen LogP contribution >= 0.6 is 0 Å². The first-order chi connectivity index (χ1) is 9.81. The molecule has 0 amide bonds. The molecular weight excluding hydrogens is 256 g/mol. The molecule has 2 rings (SSSR count). The van der Waals surface area contributed by atoms with E-state index in [-0.39, 0.29) is 5.54 Å². The monoisotopic (exact) mass is 294 g/mol. The smallest absolute Gasteiger partial charge is 0.0357 e. The van der Waals surface area contributed by atoms with Crippen LogP contribution in [0, 0.1) is 23.2 Å². The fraction of sp³-hybridized carbons (Fsp3) is 1.00. The first kappa shape index (κ1) is 17.3. The van der Waals surface area contributed by atoms with Gasteiger partial charge in [-0.15, -0.1) is 0 Å². The molecule has 2 fully saturated rings. The Morgan fingerprint density at radius 3 is 2.43 bits per heavy atom. The number of likely N-dealkylation sites (tertiary alicyclic amines) is 1. The van der Waals surface area contributed by atoms with Crippen LogP contribution in [0.1, 0.15) is 73.1 Å². The van der Waals surface area contributed by atoms with Crippen molar-refractivity contribution < 1.29 is 0 Å². The minimum absolute atomic E-state index is 0.279. The van der Waals surface area contributed by atoms with E-state index in [1.165, 1.54) is 51.6 Å². The molecule has 1 aliphatic carbocycles. The van der Waals surface area contributed by atoms with Gasteiger partial charge in [-0.3, -0.25) is 4.90 Å². The van der Waals surface area contributed by atoms with Crippen LogP contribution in [0.3, 0.4) is 0 Å². The van der Waals surface area contributed by atoms with Gasteiger partial charge in [-0.1, -0.05) is 34.6 Å². The molecule has 2 aliphatic rings. The lowest BCUT2D eigenvalue weighted by Gasteiger charge is -2.54. The van der Waals surface area contributed by atoms with Crippen LogP contribution in [0.25, 0.3) is 0 Å². The number of hydrogen-bond donors (Lipinski definition) is 1. The maximum atomic E-state index is 6.35. The first-order valence-electron chi connectivity index (χ1n) is 9.26. The summed E-state index contributed by atoms with van der Waals surface area (Å²) in [6.45, 7) is 15.5. The molecule has 1 saturated heterocycles. The Hall–Kier alpha value is -0.0800. The summed E-state index contributed by atoms with van der Waals surface area (Å²) in [6.07, 6.45) is 8.10. The van der Waals surface area contributed by atoms with Crippen molar-refractivity contribution in [2.45, 2.75) is 78.7 Å². The highest BCUT2D eigenvalue weighted by Crippen LogP contribution is 2.47. The van der Waals surface area contributed by atoms with Crippen LogP contribution in [-0.4, -0.2) is 30.1 Å². The fourth-order valence-electron chi connectivity index (χ4n) is 5.06. The van der Waals surface area contributed by atoms with E-state index in [4.69, 9.17) is 5.73 Å². The number of nitrogens with two attached hydrogens (primary N) is 1. The third-order valence-corrected chi connectivity index (χ3v) is 6.71. The van der Waals surface area contributed by atoms with E-state index in [2.05, 4.69) is 39.5 Å². The molecule has 0 radical (unpaired) electrons. The lowest BCUT2D eigenvalue weighted by molar-refractivity contribution is -0.0212. The number of nitrogens with zero attached hydrogens (tertiary/aromatic N) is 1. The Bertz CT molecular complexity index is 336. The van der Waals surface area contributed by atoms with Crippen LogP contribution in [0.4, 0.5) is 0 Å². The van der Waals surface area contributed by atoms with Gasteiger partial charge in [-0.05, 0) is 74.8 Å². The Balaban J connectivity index is 2.10. The second-order valence-corrected chi connectivity index (χ2v) is 9.00. The lowest BCUT2D eigenvalue weighted by Crippen LogP contribution is -2.61. The van der Waals surface area contributed by atoms with Crippen molar-refractivity contribution in [3.05, 3.63) is 0 Å². The lowest BCUT2D eigenvalue weighted by atomic mass is 9.63. The van der Waals surface area contributed by atoms with Crippen molar-refractivity contribution in [3.8, 4) is 0 Å². The third-order valence-electron chi connectivity index (χ3n) is 6.71. The van der Waals surface area contributed by atoms with Crippen molar-refractivity contribution in [2.24, 2.45) is 28.9 Å². The third kappa shape index (κ3) is 3.64. The Morgan fingerprint density at radius 1 is 1.14 bits per heavy atom. The first-order valence-corrected chi connectivity index (χ1v) is 9.26. The number of rotatable bonds is 3. The molecule has 2 N–H and O–H groups in total. The van der Waals surface area contributed by atoms with E-state index in [0.717, 1.165) is 24.3 Å². The normalized spacial score (nSPS) is 38.4. The average molecular weight is 295 g/mol. The fourth-order valence-corrected chi connectivity index (χ4v) is 5.06. The van der Waals surface area contributed by atoms with E-state index < -0.39 is 0 Å². The van der Waals surface area contributed by atoms with Crippen molar-refractivity contribution in [3.63, 3.8) is 0 Å². The summed E-state index contributed by atoms with van der Waals surface area (Å²) in [5.74, 6) is 2.48. The van der Waals surface area contributed by atoms with Gasteiger partial charge in [-0.2, -0.15) is 0 Å². The van der Waals surface area contributed by atoms with Gasteiger partial charge < -0.3 is 5.73 Å². The minimum Gasteiger partial charge on any atom is -0.329 e. The minimum atomic E-state index is 0.279. The van der Waals surface area contributed by atoms with Gasteiger partial charge in [0.2, 0.25) is 0 Å². The van der Waals surface area contributed by atoms with Crippen LogP contribution in [0.2, 0.25) is 0 Å². The van der Waals surface area contributed by atoms with Crippen molar-refractivity contribution in [1.29, 1.82) is 0 Å². The summed E-state index contributed by atoms with van der Waals surface area (Å²) in [7, 11) is 0. The van der Waals surface area contributed by atoms with E-state index in [1.807, 2.05) is 0 Å². The average Bonchev–Trinajstić information content (AvgIpc) is 2.65. The molecule has 1 heterocycles. The quantitative estimate of drug-likeness (QED) is 0.841. The molecule has 0 aromatic carbocycles. The SMILES string of the molecule is CC(C)C1CCCN(C2(CN)CCC(C)(C)CC2C)CC1. The topological polar surface area (TPSA) is 29.3 Å². The summed E-state index contributed by atoms with van der Waals surface area (Å²) >= 11 is 0. The zero-order valence-corrected chi connectivity index (χ0v) is 15.1.